The number of pyridine rings is 1. The van der Waals surface area contributed by atoms with Crippen LogP contribution in [0.3, 0.4) is 0 Å². The van der Waals surface area contributed by atoms with Crippen molar-refractivity contribution in [1.29, 1.82) is 0 Å². The topological polar surface area (TPSA) is 78.6 Å². The minimum Gasteiger partial charge on any atom is -0.483 e. The van der Waals surface area contributed by atoms with E-state index in [1.165, 1.54) is 23.0 Å². The summed E-state index contributed by atoms with van der Waals surface area (Å²) in [5.41, 5.74) is 1.15. The van der Waals surface area contributed by atoms with Crippen LogP contribution >= 0.6 is 0 Å². The molecule has 1 unspecified atom stereocenters. The summed E-state index contributed by atoms with van der Waals surface area (Å²) in [6.07, 6.45) is 5.48. The average molecular weight is 533 g/mol. The molecule has 4 aromatic rings. The van der Waals surface area contributed by atoms with Gasteiger partial charge in [0.05, 0.1) is 30.5 Å². The number of carbonyl (C=O) groups excluding carboxylic acids is 1. The van der Waals surface area contributed by atoms with Crippen LogP contribution < -0.4 is 10.2 Å². The minimum atomic E-state index is -0.677. The third-order valence-corrected chi connectivity index (χ3v) is 7.52. The maximum atomic E-state index is 14.2. The summed E-state index contributed by atoms with van der Waals surface area (Å²) in [4.78, 5) is 29.1. The largest absolute Gasteiger partial charge is 0.483 e. The first-order valence-corrected chi connectivity index (χ1v) is 12.6. The number of hydrogen-bond acceptors (Lipinski definition) is 5. The number of nitrogens with zero attached hydrogens (tertiary/aromatic N) is 4. The van der Waals surface area contributed by atoms with Crippen molar-refractivity contribution in [2.45, 2.75) is 31.7 Å². The first kappa shape index (κ1) is 25.0. The quantitative estimate of drug-likeness (QED) is 0.377. The molecule has 1 fully saturated rings. The molecule has 2 aliphatic heterocycles. The summed E-state index contributed by atoms with van der Waals surface area (Å²) in [6.45, 7) is 1.55. The van der Waals surface area contributed by atoms with Gasteiger partial charge in [-0.2, -0.15) is 5.10 Å². The van der Waals surface area contributed by atoms with Gasteiger partial charge >= 0.3 is 0 Å². The Hall–Kier alpha value is -4.31. The second-order valence-electron chi connectivity index (χ2n) is 10.0. The maximum Gasteiger partial charge on any atom is 0.274 e. The SMILES string of the molecule is CN1C(=O)c2c(OCc3ccccc3)c(=O)c(-c3cnn(Cc4ccc(F)cc4F)c3)cn2CC12CCOC2. The van der Waals surface area contributed by atoms with Crippen LogP contribution in [0.4, 0.5) is 8.78 Å². The van der Waals surface area contributed by atoms with Crippen molar-refractivity contribution in [2.24, 2.45) is 0 Å². The van der Waals surface area contributed by atoms with E-state index in [1.807, 2.05) is 30.3 Å². The Morgan fingerprint density at radius 3 is 2.67 bits per heavy atom. The van der Waals surface area contributed by atoms with Crippen molar-refractivity contribution in [3.05, 3.63) is 106 Å². The van der Waals surface area contributed by atoms with Crippen molar-refractivity contribution in [3.8, 4) is 16.9 Å². The molecular weight excluding hydrogens is 506 g/mol. The molecule has 200 valence electrons. The molecule has 2 aliphatic rings. The van der Waals surface area contributed by atoms with Gasteiger partial charge in [-0.1, -0.05) is 36.4 Å². The van der Waals surface area contributed by atoms with Gasteiger partial charge < -0.3 is 18.9 Å². The Balaban J connectivity index is 1.41. The normalized spacial score (nSPS) is 18.5. The molecule has 1 spiro atoms. The van der Waals surface area contributed by atoms with Crippen LogP contribution in [0.1, 0.15) is 28.0 Å². The van der Waals surface area contributed by atoms with Gasteiger partial charge in [-0.15, -0.1) is 0 Å². The lowest BCUT2D eigenvalue weighted by atomic mass is 9.92. The molecule has 0 aliphatic carbocycles. The fourth-order valence-corrected chi connectivity index (χ4v) is 5.25. The molecular formula is C29H26F2N4O4. The Kier molecular flexibility index (Phi) is 6.26. The molecule has 1 amide bonds. The Labute approximate surface area is 223 Å². The number of fused-ring (bicyclic) bond motifs is 1. The van der Waals surface area contributed by atoms with Gasteiger partial charge in [0.2, 0.25) is 5.43 Å². The van der Waals surface area contributed by atoms with Crippen molar-refractivity contribution in [2.75, 3.05) is 20.3 Å². The van der Waals surface area contributed by atoms with E-state index in [0.29, 0.717) is 37.3 Å². The van der Waals surface area contributed by atoms with E-state index in [-0.39, 0.29) is 36.1 Å². The zero-order valence-electron chi connectivity index (χ0n) is 21.3. The molecule has 0 N–H and O–H groups in total. The fraction of sp³-hybridized carbons (Fsp3) is 0.276. The highest BCUT2D eigenvalue weighted by atomic mass is 19.1. The highest BCUT2D eigenvalue weighted by molar-refractivity contribution is 5.97. The summed E-state index contributed by atoms with van der Waals surface area (Å²) in [6, 6.07) is 12.8. The van der Waals surface area contributed by atoms with E-state index in [0.717, 1.165) is 11.6 Å². The number of ether oxygens (including phenoxy) is 2. The van der Waals surface area contributed by atoms with Gasteiger partial charge in [0.1, 0.15) is 18.2 Å². The van der Waals surface area contributed by atoms with Gasteiger partial charge in [-0.3, -0.25) is 14.3 Å². The smallest absolute Gasteiger partial charge is 0.274 e. The van der Waals surface area contributed by atoms with E-state index in [2.05, 4.69) is 5.10 Å². The summed E-state index contributed by atoms with van der Waals surface area (Å²) in [5, 5.41) is 4.30. The predicted molar refractivity (Wildman–Crippen MR) is 138 cm³/mol. The first-order chi connectivity index (χ1) is 18.8. The lowest BCUT2D eigenvalue weighted by Gasteiger charge is -2.43. The predicted octanol–water partition coefficient (Wildman–Crippen LogP) is 3.86. The highest BCUT2D eigenvalue weighted by Gasteiger charge is 2.47. The Bertz CT molecular complexity index is 1610. The molecule has 1 saturated heterocycles. The number of carbonyl (C=O) groups is 1. The number of amides is 1. The molecule has 2 aromatic heterocycles. The number of likely N-dealkylation sites (N-methyl/N-ethyl adjacent to an activating group) is 1. The lowest BCUT2D eigenvalue weighted by molar-refractivity contribution is 0.0342. The van der Waals surface area contributed by atoms with Crippen LogP contribution in [0.15, 0.2) is 71.9 Å². The fourth-order valence-electron chi connectivity index (χ4n) is 5.25. The molecule has 0 radical (unpaired) electrons. The van der Waals surface area contributed by atoms with Crippen molar-refractivity contribution < 1.29 is 23.0 Å². The summed E-state index contributed by atoms with van der Waals surface area (Å²) in [5.74, 6) is -1.67. The molecule has 39 heavy (non-hydrogen) atoms. The second kappa shape index (κ2) is 9.77. The summed E-state index contributed by atoms with van der Waals surface area (Å²) in [7, 11) is 1.73. The minimum absolute atomic E-state index is 0.0284. The number of aromatic nitrogens is 3. The summed E-state index contributed by atoms with van der Waals surface area (Å²) < 4.78 is 42.5. The number of hydrogen-bond donors (Lipinski definition) is 0. The van der Waals surface area contributed by atoms with Crippen molar-refractivity contribution in [1.82, 2.24) is 19.2 Å². The Morgan fingerprint density at radius 2 is 1.92 bits per heavy atom. The van der Waals surface area contributed by atoms with Crippen LogP contribution in [-0.2, 0) is 24.4 Å². The number of halogens is 2. The van der Waals surface area contributed by atoms with Crippen LogP contribution in [0.2, 0.25) is 0 Å². The molecule has 6 rings (SSSR count). The lowest BCUT2D eigenvalue weighted by Crippen LogP contribution is -2.57. The van der Waals surface area contributed by atoms with Crippen LogP contribution in [0.5, 0.6) is 5.75 Å². The number of benzene rings is 2. The van der Waals surface area contributed by atoms with Gasteiger partial charge in [0.25, 0.3) is 5.91 Å². The van der Waals surface area contributed by atoms with Crippen LogP contribution in [0.25, 0.3) is 11.1 Å². The van der Waals surface area contributed by atoms with E-state index < -0.39 is 22.6 Å². The molecule has 0 saturated carbocycles. The summed E-state index contributed by atoms with van der Waals surface area (Å²) >= 11 is 0. The van der Waals surface area contributed by atoms with Crippen molar-refractivity contribution in [3.63, 3.8) is 0 Å². The van der Waals surface area contributed by atoms with E-state index >= 15 is 0 Å². The van der Waals surface area contributed by atoms with Crippen molar-refractivity contribution >= 4 is 5.91 Å². The van der Waals surface area contributed by atoms with Crippen LogP contribution in [-0.4, -0.2) is 51.0 Å². The van der Waals surface area contributed by atoms with Gasteiger partial charge in [0.15, 0.2) is 11.4 Å². The molecule has 1 atom stereocenters. The van der Waals surface area contributed by atoms with Gasteiger partial charge in [-0.05, 0) is 18.1 Å². The standard InChI is InChI=1S/C29H26F2N4O4/c1-33-28(37)25-27(39-16-19-5-3-2-4-6-19)26(36)23(15-34(25)17-29(33)9-10-38-18-29)21-12-32-35(14-21)13-20-7-8-22(30)11-24(20)31/h2-8,11-12,14-15H,9-10,13,16-18H2,1H3. The third-order valence-electron chi connectivity index (χ3n) is 7.52. The first-order valence-electron chi connectivity index (χ1n) is 12.6. The molecule has 2 aromatic carbocycles. The zero-order chi connectivity index (χ0) is 27.1. The molecule has 0 bridgehead atoms. The maximum absolute atomic E-state index is 14.2. The highest BCUT2D eigenvalue weighted by Crippen LogP contribution is 2.36. The van der Waals surface area contributed by atoms with Gasteiger partial charge in [-0.25, -0.2) is 8.78 Å². The zero-order valence-corrected chi connectivity index (χ0v) is 21.3. The number of rotatable bonds is 6. The van der Waals surface area contributed by atoms with E-state index in [4.69, 9.17) is 9.47 Å². The van der Waals surface area contributed by atoms with Gasteiger partial charge in [0, 0.05) is 49.8 Å². The second-order valence-corrected chi connectivity index (χ2v) is 10.0. The van der Waals surface area contributed by atoms with E-state index in [1.54, 1.807) is 28.9 Å². The Morgan fingerprint density at radius 1 is 1.10 bits per heavy atom. The monoisotopic (exact) mass is 532 g/mol. The van der Waals surface area contributed by atoms with Crippen LogP contribution in [0, 0.1) is 11.6 Å². The third kappa shape index (κ3) is 4.50. The average Bonchev–Trinajstić information content (AvgIpc) is 3.60. The van der Waals surface area contributed by atoms with E-state index in [9.17, 15) is 18.4 Å². The molecule has 10 heteroatoms. The molecule has 8 nitrogen and oxygen atoms in total. The molecule has 4 heterocycles.